The maximum absolute atomic E-state index is 13.1. The molecule has 33 heavy (non-hydrogen) atoms. The highest BCUT2D eigenvalue weighted by Gasteiger charge is 2.60. The van der Waals surface area contributed by atoms with E-state index in [4.69, 9.17) is 11.6 Å². The minimum atomic E-state index is -1.16. The van der Waals surface area contributed by atoms with Gasteiger partial charge in [0, 0.05) is 13.5 Å². The third-order valence-corrected chi connectivity index (χ3v) is 8.19. The lowest BCUT2D eigenvalue weighted by molar-refractivity contribution is -0.389. The smallest absolute Gasteiger partial charge is 0.408 e. The summed E-state index contributed by atoms with van der Waals surface area (Å²) >= 11 is 6.26. The predicted molar refractivity (Wildman–Crippen MR) is 117 cm³/mol. The van der Waals surface area contributed by atoms with Crippen molar-refractivity contribution in [2.24, 2.45) is 24.3 Å². The molecule has 1 amide bonds. The third-order valence-electron chi connectivity index (χ3n) is 7.75. The Labute approximate surface area is 194 Å². The third kappa shape index (κ3) is 3.40. The second kappa shape index (κ2) is 7.28. The molecule has 4 aliphatic carbocycles. The zero-order valence-corrected chi connectivity index (χ0v) is 19.1. The van der Waals surface area contributed by atoms with Gasteiger partial charge < -0.3 is 20.5 Å². The first-order valence-electron chi connectivity index (χ1n) is 11.0. The van der Waals surface area contributed by atoms with E-state index in [2.05, 4.69) is 15.5 Å². The van der Waals surface area contributed by atoms with Gasteiger partial charge in [0.15, 0.2) is 10.7 Å². The van der Waals surface area contributed by atoms with Crippen LogP contribution < -0.4 is 5.32 Å². The molecule has 0 saturated heterocycles. The Bertz CT molecular complexity index is 1170. The van der Waals surface area contributed by atoms with Crippen molar-refractivity contribution in [3.05, 3.63) is 32.7 Å². The fourth-order valence-corrected chi connectivity index (χ4v) is 7.41. The number of amides is 1. The molecule has 0 radical (unpaired) electrons. The van der Waals surface area contributed by atoms with E-state index in [1.807, 2.05) is 0 Å². The molecule has 4 fully saturated rings. The second-order valence-electron chi connectivity index (χ2n) is 10.1. The van der Waals surface area contributed by atoms with Gasteiger partial charge >= 0.3 is 11.8 Å². The normalized spacial score (nSPS) is 29.9. The molecule has 4 aliphatic rings. The SMILES string of the molecule is Cc1c(Cl)c([N+](=O)[O-])nn1C12CC3CC(CC(CC(=O)Nc4cnn(C)c4C(=O)O)(C3)C1)C2. The van der Waals surface area contributed by atoms with Gasteiger partial charge in [-0.15, -0.1) is 0 Å². The van der Waals surface area contributed by atoms with Crippen molar-refractivity contribution >= 4 is 35.0 Å². The molecule has 4 bridgehead atoms. The summed E-state index contributed by atoms with van der Waals surface area (Å²) in [6.07, 6.45) is 6.94. The number of carbonyl (C=O) groups excluding carboxylic acids is 1. The van der Waals surface area contributed by atoms with Crippen LogP contribution in [0.15, 0.2) is 6.20 Å². The van der Waals surface area contributed by atoms with E-state index in [1.165, 1.54) is 17.9 Å². The van der Waals surface area contributed by atoms with Crippen molar-refractivity contribution in [3.63, 3.8) is 0 Å². The molecule has 2 heterocycles. The second-order valence-corrected chi connectivity index (χ2v) is 10.5. The first kappa shape index (κ1) is 21.9. The number of aromatic nitrogens is 4. The van der Waals surface area contributed by atoms with Gasteiger partial charge in [0.2, 0.25) is 5.91 Å². The van der Waals surface area contributed by atoms with Crippen LogP contribution in [0.1, 0.15) is 61.1 Å². The average molecular weight is 477 g/mol. The first-order chi connectivity index (χ1) is 15.5. The Balaban J connectivity index is 1.43. The van der Waals surface area contributed by atoms with Gasteiger partial charge in [-0.25, -0.2) is 4.79 Å². The van der Waals surface area contributed by atoms with Gasteiger partial charge in [-0.1, -0.05) is 11.6 Å². The summed E-state index contributed by atoms with van der Waals surface area (Å²) in [6.45, 7) is 1.76. The van der Waals surface area contributed by atoms with Gasteiger partial charge in [-0.05, 0) is 67.6 Å². The molecule has 2 aromatic rings. The highest BCUT2D eigenvalue weighted by Crippen LogP contribution is 2.65. The van der Waals surface area contributed by atoms with E-state index < -0.39 is 16.4 Å². The van der Waals surface area contributed by atoms with Gasteiger partial charge in [0.25, 0.3) is 0 Å². The average Bonchev–Trinajstić information content (AvgIpc) is 3.20. The van der Waals surface area contributed by atoms with E-state index in [-0.39, 0.29) is 40.0 Å². The van der Waals surface area contributed by atoms with Crippen molar-refractivity contribution < 1.29 is 19.6 Å². The quantitative estimate of drug-likeness (QED) is 0.479. The Hall–Kier alpha value is -2.95. The topological polar surface area (TPSA) is 145 Å². The maximum atomic E-state index is 13.1. The minimum Gasteiger partial charge on any atom is -0.476 e. The van der Waals surface area contributed by atoms with Gasteiger partial charge in [0.05, 0.1) is 28.2 Å². The van der Waals surface area contributed by atoms with E-state index in [9.17, 15) is 24.8 Å². The van der Waals surface area contributed by atoms with Crippen LogP contribution in [0.4, 0.5) is 11.5 Å². The Kier molecular flexibility index (Phi) is 4.82. The summed E-state index contributed by atoms with van der Waals surface area (Å²) in [5, 5.41) is 31.9. The maximum Gasteiger partial charge on any atom is 0.408 e. The van der Waals surface area contributed by atoms with Crippen LogP contribution in [0.25, 0.3) is 0 Å². The van der Waals surface area contributed by atoms with E-state index in [0.717, 1.165) is 32.1 Å². The molecule has 4 saturated carbocycles. The Morgan fingerprint density at radius 1 is 1.33 bits per heavy atom. The summed E-state index contributed by atoms with van der Waals surface area (Å²) < 4.78 is 2.98. The highest BCUT2D eigenvalue weighted by molar-refractivity contribution is 6.33. The monoisotopic (exact) mass is 476 g/mol. The van der Waals surface area contributed by atoms with Crippen LogP contribution in [-0.2, 0) is 17.4 Å². The molecule has 0 aromatic carbocycles. The largest absolute Gasteiger partial charge is 0.476 e. The molecule has 0 spiro atoms. The van der Waals surface area contributed by atoms with Gasteiger partial charge in [0.1, 0.15) is 0 Å². The van der Waals surface area contributed by atoms with Crippen LogP contribution in [0.5, 0.6) is 0 Å². The summed E-state index contributed by atoms with van der Waals surface area (Å²) in [7, 11) is 1.51. The first-order valence-corrected chi connectivity index (χ1v) is 11.4. The lowest BCUT2D eigenvalue weighted by Gasteiger charge is -2.61. The number of aromatic carboxylic acids is 1. The highest BCUT2D eigenvalue weighted by atomic mass is 35.5. The number of nitrogens with zero attached hydrogens (tertiary/aromatic N) is 5. The molecule has 176 valence electrons. The molecular formula is C21H25ClN6O5. The number of carbonyl (C=O) groups is 2. The lowest BCUT2D eigenvalue weighted by Crippen LogP contribution is -2.57. The van der Waals surface area contributed by atoms with Crippen LogP contribution in [0.2, 0.25) is 5.02 Å². The number of aryl methyl sites for hydroxylation is 1. The molecule has 2 N–H and O–H groups in total. The summed E-state index contributed by atoms with van der Waals surface area (Å²) in [5.41, 5.74) is 0.0392. The van der Waals surface area contributed by atoms with Crippen molar-refractivity contribution in [2.45, 2.75) is 57.4 Å². The number of carboxylic acid groups (broad SMARTS) is 1. The molecule has 6 rings (SSSR count). The molecule has 2 unspecified atom stereocenters. The van der Waals surface area contributed by atoms with Crippen LogP contribution in [0, 0.1) is 34.3 Å². The van der Waals surface area contributed by atoms with E-state index in [0.29, 0.717) is 24.0 Å². The molecular weight excluding hydrogens is 452 g/mol. The fourth-order valence-electron chi connectivity index (χ4n) is 7.22. The fraction of sp³-hybridized carbons (Fsp3) is 0.619. The van der Waals surface area contributed by atoms with Gasteiger partial charge in [-0.2, -0.15) is 9.78 Å². The number of halogens is 1. The Morgan fingerprint density at radius 2 is 2.00 bits per heavy atom. The molecule has 0 aliphatic heterocycles. The zero-order chi connectivity index (χ0) is 23.7. The van der Waals surface area contributed by atoms with E-state index >= 15 is 0 Å². The van der Waals surface area contributed by atoms with Crippen molar-refractivity contribution in [1.82, 2.24) is 19.6 Å². The summed E-state index contributed by atoms with van der Waals surface area (Å²) in [4.78, 5) is 35.5. The minimum absolute atomic E-state index is 0.0697. The van der Waals surface area contributed by atoms with Crippen LogP contribution in [-0.4, -0.2) is 41.5 Å². The summed E-state index contributed by atoms with van der Waals surface area (Å²) in [5.74, 6) is -0.910. The van der Waals surface area contributed by atoms with Crippen molar-refractivity contribution in [1.29, 1.82) is 0 Å². The van der Waals surface area contributed by atoms with Crippen LogP contribution in [0.3, 0.4) is 0 Å². The number of hydrogen-bond donors (Lipinski definition) is 2. The number of anilines is 1. The lowest BCUT2D eigenvalue weighted by atomic mass is 9.46. The Morgan fingerprint density at radius 3 is 2.58 bits per heavy atom. The molecule has 2 aromatic heterocycles. The molecule has 2 atom stereocenters. The predicted octanol–water partition coefficient (Wildman–Crippen LogP) is 3.51. The number of nitro groups is 1. The van der Waals surface area contributed by atoms with Gasteiger partial charge in [-0.3, -0.25) is 9.48 Å². The summed E-state index contributed by atoms with van der Waals surface area (Å²) in [6, 6.07) is 0. The number of hydrogen-bond acceptors (Lipinski definition) is 6. The number of rotatable bonds is 6. The number of nitrogens with one attached hydrogen (secondary N) is 1. The van der Waals surface area contributed by atoms with E-state index in [1.54, 1.807) is 11.6 Å². The molecule has 12 heteroatoms. The zero-order valence-electron chi connectivity index (χ0n) is 18.4. The molecule has 11 nitrogen and oxygen atoms in total. The van der Waals surface area contributed by atoms with Crippen molar-refractivity contribution in [3.8, 4) is 0 Å². The van der Waals surface area contributed by atoms with Crippen LogP contribution >= 0.6 is 11.6 Å². The number of carboxylic acids is 1. The standard InChI is InChI=1S/C21H25ClN6O5/c1-11-16(22)18(28(32)33)25-27(11)21-6-12-3-13(7-21)5-20(4-12,10-21)8-15(29)24-14-9-23-26(2)17(14)19(30)31/h9,12-13H,3-8,10H2,1-2H3,(H,24,29)(H,30,31). The van der Waals surface area contributed by atoms with Crippen molar-refractivity contribution in [2.75, 3.05) is 5.32 Å².